The molecular weight excluding hydrogens is 382 g/mol. The van der Waals surface area contributed by atoms with Gasteiger partial charge < -0.3 is 4.90 Å². The molecule has 5 nitrogen and oxygen atoms in total. The maximum absolute atomic E-state index is 11.1. The number of hydrogen-bond donors (Lipinski definition) is 0. The van der Waals surface area contributed by atoms with Gasteiger partial charge in [-0.25, -0.2) is 0 Å². The van der Waals surface area contributed by atoms with Crippen LogP contribution in [0.15, 0.2) is 60.7 Å². The molecule has 0 N–H and O–H groups in total. The highest BCUT2D eigenvalue weighted by molar-refractivity contribution is 8.85. The van der Waals surface area contributed by atoms with Gasteiger partial charge in [-0.2, -0.15) is 14.0 Å². The minimum absolute atomic E-state index is 0.682. The zero-order valence-corrected chi connectivity index (χ0v) is 15.9. The van der Waals surface area contributed by atoms with Crippen LogP contribution in [0.25, 0.3) is 4.91 Å². The molecule has 0 radical (unpaired) electrons. The van der Waals surface area contributed by atoms with Crippen LogP contribution in [-0.4, -0.2) is 19.0 Å². The lowest BCUT2D eigenvalue weighted by molar-refractivity contribution is -1.91. The van der Waals surface area contributed by atoms with Crippen molar-refractivity contribution in [3.05, 3.63) is 71.8 Å². The second kappa shape index (κ2) is 7.51. The number of halogens is 1. The summed E-state index contributed by atoms with van der Waals surface area (Å²) in [5, 5.41) is 0. The molecule has 2 aromatic carbocycles. The first-order chi connectivity index (χ1) is 11.8. The Balaban J connectivity index is 1.98. The van der Waals surface area contributed by atoms with Crippen LogP contribution in [-0.2, 0) is 3.74 Å². The number of nitrogens with zero attached hydrogens (tertiary/aromatic N) is 1. The lowest BCUT2D eigenvalue weighted by atomic mass is 10.1. The highest BCUT2D eigenvalue weighted by Gasteiger charge is 2.31. The van der Waals surface area contributed by atoms with Gasteiger partial charge >= 0.3 is 0 Å². The van der Waals surface area contributed by atoms with E-state index in [1.54, 1.807) is 0 Å². The van der Waals surface area contributed by atoms with Crippen LogP contribution in [0.2, 0.25) is 0 Å². The van der Waals surface area contributed by atoms with Gasteiger partial charge in [-0.15, -0.1) is 0 Å². The summed E-state index contributed by atoms with van der Waals surface area (Å²) in [6.45, 7) is 0. The van der Waals surface area contributed by atoms with Crippen LogP contribution < -0.4 is 18.9 Å². The van der Waals surface area contributed by atoms with Crippen molar-refractivity contribution in [2.24, 2.45) is 0 Å². The van der Waals surface area contributed by atoms with Gasteiger partial charge in [0, 0.05) is 24.7 Å². The largest absolute Gasteiger partial charge is 0.378 e. The predicted molar refractivity (Wildman–Crippen MR) is 95.6 cm³/mol. The number of anilines is 1. The van der Waals surface area contributed by atoms with Crippen molar-refractivity contribution in [3.8, 4) is 0 Å². The third-order valence-electron chi connectivity index (χ3n) is 3.47. The highest BCUT2D eigenvalue weighted by Crippen LogP contribution is 2.51. The van der Waals surface area contributed by atoms with E-state index in [0.717, 1.165) is 21.7 Å². The van der Waals surface area contributed by atoms with E-state index in [1.165, 1.54) is 10.8 Å². The lowest BCUT2D eigenvalue weighted by Crippen LogP contribution is -2.60. The first-order valence-electron chi connectivity index (χ1n) is 7.29. The highest BCUT2D eigenvalue weighted by atomic mass is 35.7. The van der Waals surface area contributed by atoms with Crippen molar-refractivity contribution in [1.82, 2.24) is 0 Å². The van der Waals surface area contributed by atoms with E-state index in [4.69, 9.17) is 3.74 Å². The molecule has 0 fully saturated rings. The average molecular weight is 398 g/mol. The van der Waals surface area contributed by atoms with Crippen molar-refractivity contribution >= 4 is 36.0 Å². The maximum atomic E-state index is 11.1. The van der Waals surface area contributed by atoms with Crippen molar-refractivity contribution in [2.75, 3.05) is 19.0 Å². The van der Waals surface area contributed by atoms with Gasteiger partial charge in [0.2, 0.25) is 0 Å². The second-order valence-electron chi connectivity index (χ2n) is 5.44. The third-order valence-corrected chi connectivity index (χ3v) is 7.93. The van der Waals surface area contributed by atoms with Gasteiger partial charge in [0.15, 0.2) is 9.80 Å². The molecule has 132 valence electrons. The van der Waals surface area contributed by atoms with Gasteiger partial charge in [0.05, 0.1) is 15.1 Å². The fourth-order valence-corrected chi connectivity index (χ4v) is 6.90. The van der Waals surface area contributed by atoms with Crippen LogP contribution in [0.3, 0.4) is 0 Å². The maximum Gasteiger partial charge on any atom is 0.180 e. The van der Waals surface area contributed by atoms with Crippen LogP contribution in [0, 0.1) is 10.2 Å². The molecule has 1 aliphatic rings. The van der Waals surface area contributed by atoms with E-state index >= 15 is 0 Å². The van der Waals surface area contributed by atoms with Crippen molar-refractivity contribution in [1.29, 1.82) is 0 Å². The van der Waals surface area contributed by atoms with E-state index in [0.29, 0.717) is 4.86 Å². The Bertz CT molecular complexity index is 815. The molecule has 0 spiro atoms. The van der Waals surface area contributed by atoms with E-state index in [-0.39, 0.29) is 0 Å². The Morgan fingerprint density at radius 1 is 0.920 bits per heavy atom. The van der Waals surface area contributed by atoms with Crippen LogP contribution in [0.4, 0.5) is 5.69 Å². The summed E-state index contributed by atoms with van der Waals surface area (Å²) in [5.74, 6) is 0. The van der Waals surface area contributed by atoms with E-state index < -0.39 is 20.0 Å². The average Bonchev–Trinajstić information content (AvgIpc) is 2.97. The Morgan fingerprint density at radius 2 is 1.56 bits per heavy atom. The minimum atomic E-state index is -4.51. The number of hydrogen-bond acceptors (Lipinski definition) is 6. The van der Waals surface area contributed by atoms with Crippen LogP contribution >= 0.6 is 20.6 Å². The van der Waals surface area contributed by atoms with Gasteiger partial charge in [-0.3, -0.25) is 0 Å². The molecule has 0 bridgehead atoms. The molecule has 1 unspecified atom stereocenters. The fraction of sp³-hybridized carbons (Fsp3) is 0.118. The molecule has 0 saturated heterocycles. The monoisotopic (exact) mass is 397 g/mol. The normalized spacial score (nSPS) is 17.6. The minimum Gasteiger partial charge on any atom is -0.378 e. The van der Waals surface area contributed by atoms with Crippen molar-refractivity contribution < 1.29 is 28.0 Å². The smallest absolute Gasteiger partial charge is 0.180 e. The zero-order chi connectivity index (χ0) is 18.0. The van der Waals surface area contributed by atoms with Crippen LogP contribution in [0.1, 0.15) is 11.1 Å². The van der Waals surface area contributed by atoms with Gasteiger partial charge in [0.1, 0.15) is 3.74 Å². The van der Waals surface area contributed by atoms with Gasteiger partial charge in [0.25, 0.3) is 0 Å². The number of benzene rings is 2. The summed E-state index contributed by atoms with van der Waals surface area (Å²) in [6.07, 6.45) is 1.88. The molecule has 2 aromatic rings. The zero-order valence-electron chi connectivity index (χ0n) is 13.5. The topological polar surface area (TPSA) is 81.7 Å². The summed E-state index contributed by atoms with van der Waals surface area (Å²) in [7, 11) is -0.604. The van der Waals surface area contributed by atoms with E-state index in [9.17, 15) is 14.0 Å². The quantitative estimate of drug-likeness (QED) is 0.554. The molecule has 3 rings (SSSR count). The number of rotatable bonds is 5. The molecule has 1 aliphatic heterocycles. The predicted octanol–water partition coefficient (Wildman–Crippen LogP) is 1.07. The van der Waals surface area contributed by atoms with Gasteiger partial charge in [-0.05, 0) is 40.1 Å². The fourth-order valence-electron chi connectivity index (χ4n) is 2.27. The Morgan fingerprint density at radius 3 is 2.12 bits per heavy atom. The molecule has 1 atom stereocenters. The summed E-state index contributed by atoms with van der Waals surface area (Å²) < 4.78 is 38.1. The molecule has 0 saturated carbocycles. The van der Waals surface area contributed by atoms with Crippen LogP contribution in [0.5, 0.6) is 0 Å². The molecule has 1 heterocycles. The van der Waals surface area contributed by atoms with Gasteiger partial charge in [-0.1, -0.05) is 42.5 Å². The molecule has 0 aliphatic carbocycles. The molecule has 25 heavy (non-hydrogen) atoms. The molecule has 0 aromatic heterocycles. The van der Waals surface area contributed by atoms with Crippen molar-refractivity contribution in [2.45, 2.75) is 0 Å². The summed E-state index contributed by atoms with van der Waals surface area (Å²) in [4.78, 5) is 3.52. The summed E-state index contributed by atoms with van der Waals surface area (Å²) >= 11 is 0. The summed E-state index contributed by atoms with van der Waals surface area (Å²) in [6, 6.07) is 17.2. The Labute approximate surface area is 154 Å². The number of allylic oxidation sites excluding steroid dienone is 1. The Hall–Kier alpha value is -1.32. The SMILES string of the molecule is CN(C)c1ccc(C2=S(O[Cl+3]([O-])([O-])[O-])SC(c3ccccc3)=C2)cc1. The third kappa shape index (κ3) is 4.65. The standard InChI is InChI=1S/C17H16ClNO4S2/c1-19(2)15-10-8-14(9-11-15)17-12-16(13-6-4-3-5-7-13)24-25(17)23-18(20,21)22/h3-12H,1-2H3. The second-order valence-corrected chi connectivity index (χ2v) is 9.62. The lowest BCUT2D eigenvalue weighted by Gasteiger charge is -2.14. The molecular formula is C17H16ClNO4S2. The Kier molecular flexibility index (Phi) is 5.55. The van der Waals surface area contributed by atoms with E-state index in [2.05, 4.69) is 0 Å². The first-order valence-corrected chi connectivity index (χ1v) is 11.0. The first kappa shape index (κ1) is 18.5. The molecule has 8 heteroatoms. The van der Waals surface area contributed by atoms with E-state index in [1.807, 2.05) is 79.7 Å². The molecule has 0 amide bonds. The van der Waals surface area contributed by atoms with Crippen molar-refractivity contribution in [3.63, 3.8) is 0 Å². The summed E-state index contributed by atoms with van der Waals surface area (Å²) in [5.41, 5.74) is 2.80.